The molecule has 1 aliphatic rings. The summed E-state index contributed by atoms with van der Waals surface area (Å²) in [4.78, 5) is 26.0. The normalized spacial score (nSPS) is 16.6. The summed E-state index contributed by atoms with van der Waals surface area (Å²) in [7, 11) is 0. The molecular formula is C20H22ClN3O2. The fourth-order valence-electron chi connectivity index (χ4n) is 3.07. The SMILES string of the molecule is O=C(NCCc1cccc(Cl)c1)NC1CC(=O)N(Cc2ccccc2)C1. The second-order valence-corrected chi connectivity index (χ2v) is 6.88. The Morgan fingerprint density at radius 2 is 1.88 bits per heavy atom. The number of nitrogens with zero attached hydrogens (tertiary/aromatic N) is 1. The highest BCUT2D eigenvalue weighted by atomic mass is 35.5. The van der Waals surface area contributed by atoms with Gasteiger partial charge in [-0.2, -0.15) is 0 Å². The summed E-state index contributed by atoms with van der Waals surface area (Å²) < 4.78 is 0. The van der Waals surface area contributed by atoms with Crippen molar-refractivity contribution in [1.82, 2.24) is 15.5 Å². The molecule has 1 atom stereocenters. The maximum atomic E-state index is 12.1. The van der Waals surface area contributed by atoms with Gasteiger partial charge in [-0.25, -0.2) is 4.79 Å². The number of likely N-dealkylation sites (tertiary alicyclic amines) is 1. The summed E-state index contributed by atoms with van der Waals surface area (Å²) in [5, 5.41) is 6.41. The molecule has 136 valence electrons. The van der Waals surface area contributed by atoms with Gasteiger partial charge in [-0.15, -0.1) is 0 Å². The van der Waals surface area contributed by atoms with E-state index in [2.05, 4.69) is 10.6 Å². The van der Waals surface area contributed by atoms with Gasteiger partial charge in [-0.1, -0.05) is 54.1 Å². The summed E-state index contributed by atoms with van der Waals surface area (Å²) in [6.45, 7) is 1.63. The minimum Gasteiger partial charge on any atom is -0.338 e. The first-order valence-corrected chi connectivity index (χ1v) is 9.08. The van der Waals surface area contributed by atoms with Crippen molar-refractivity contribution in [2.45, 2.75) is 25.4 Å². The van der Waals surface area contributed by atoms with E-state index in [1.807, 2.05) is 54.6 Å². The zero-order valence-electron chi connectivity index (χ0n) is 14.5. The number of halogens is 1. The third-order valence-electron chi connectivity index (χ3n) is 4.35. The molecule has 2 aromatic rings. The predicted octanol–water partition coefficient (Wildman–Crippen LogP) is 2.98. The van der Waals surface area contributed by atoms with Crippen LogP contribution in [0.3, 0.4) is 0 Å². The average Bonchev–Trinajstić information content (AvgIpc) is 2.95. The largest absolute Gasteiger partial charge is 0.338 e. The average molecular weight is 372 g/mol. The van der Waals surface area contributed by atoms with Gasteiger partial charge in [0.1, 0.15) is 0 Å². The zero-order chi connectivity index (χ0) is 18.4. The van der Waals surface area contributed by atoms with Crippen molar-refractivity contribution in [2.24, 2.45) is 0 Å². The number of rotatable bonds is 6. The molecule has 1 heterocycles. The molecule has 1 fully saturated rings. The molecular weight excluding hydrogens is 350 g/mol. The lowest BCUT2D eigenvalue weighted by atomic mass is 10.1. The molecule has 0 saturated carbocycles. The lowest BCUT2D eigenvalue weighted by Gasteiger charge is -2.17. The summed E-state index contributed by atoms with van der Waals surface area (Å²) in [5.74, 6) is 0.0677. The van der Waals surface area contributed by atoms with Crippen LogP contribution < -0.4 is 10.6 Å². The molecule has 0 spiro atoms. The first-order valence-electron chi connectivity index (χ1n) is 8.70. The Balaban J connectivity index is 1.41. The fourth-order valence-corrected chi connectivity index (χ4v) is 3.29. The Morgan fingerprint density at radius 3 is 2.65 bits per heavy atom. The second kappa shape index (κ2) is 8.72. The van der Waals surface area contributed by atoms with Crippen molar-refractivity contribution in [2.75, 3.05) is 13.1 Å². The van der Waals surface area contributed by atoms with E-state index in [0.29, 0.717) is 37.5 Å². The lowest BCUT2D eigenvalue weighted by molar-refractivity contribution is -0.128. The number of benzene rings is 2. The van der Waals surface area contributed by atoms with Crippen LogP contribution in [0.25, 0.3) is 0 Å². The molecule has 26 heavy (non-hydrogen) atoms. The van der Waals surface area contributed by atoms with Crippen LogP contribution in [0.5, 0.6) is 0 Å². The molecule has 5 nitrogen and oxygen atoms in total. The maximum absolute atomic E-state index is 12.1. The summed E-state index contributed by atoms with van der Waals surface area (Å²) >= 11 is 5.95. The number of urea groups is 1. The van der Waals surface area contributed by atoms with E-state index >= 15 is 0 Å². The fraction of sp³-hybridized carbons (Fsp3) is 0.300. The topological polar surface area (TPSA) is 61.4 Å². The van der Waals surface area contributed by atoms with Gasteiger partial charge in [-0.3, -0.25) is 4.79 Å². The van der Waals surface area contributed by atoms with Crippen molar-refractivity contribution >= 4 is 23.5 Å². The molecule has 0 radical (unpaired) electrons. The van der Waals surface area contributed by atoms with E-state index in [1.165, 1.54) is 0 Å². The Labute approximate surface area is 158 Å². The van der Waals surface area contributed by atoms with Crippen molar-refractivity contribution < 1.29 is 9.59 Å². The minimum atomic E-state index is -0.244. The number of hydrogen-bond acceptors (Lipinski definition) is 2. The number of hydrogen-bond donors (Lipinski definition) is 2. The summed E-state index contributed by atoms with van der Waals surface area (Å²) in [5.41, 5.74) is 2.16. The van der Waals surface area contributed by atoms with Gasteiger partial charge in [0, 0.05) is 31.1 Å². The third-order valence-corrected chi connectivity index (χ3v) is 4.59. The Morgan fingerprint density at radius 1 is 1.12 bits per heavy atom. The Kier molecular flexibility index (Phi) is 6.12. The van der Waals surface area contributed by atoms with Gasteiger partial charge < -0.3 is 15.5 Å². The highest BCUT2D eigenvalue weighted by Crippen LogP contribution is 2.15. The van der Waals surface area contributed by atoms with Crippen LogP contribution in [-0.4, -0.2) is 36.0 Å². The molecule has 6 heteroatoms. The smallest absolute Gasteiger partial charge is 0.315 e. The number of carbonyl (C=O) groups excluding carboxylic acids is 2. The Bertz CT molecular complexity index is 767. The number of nitrogens with one attached hydrogen (secondary N) is 2. The van der Waals surface area contributed by atoms with Gasteiger partial charge in [-0.05, 0) is 29.7 Å². The highest BCUT2D eigenvalue weighted by Gasteiger charge is 2.30. The lowest BCUT2D eigenvalue weighted by Crippen LogP contribution is -2.43. The van der Waals surface area contributed by atoms with E-state index in [0.717, 1.165) is 11.1 Å². The molecule has 2 aromatic carbocycles. The molecule has 0 bridgehead atoms. The standard InChI is InChI=1S/C20H22ClN3O2/c21-17-8-4-7-15(11-17)9-10-22-20(26)23-18-12-19(25)24(14-18)13-16-5-2-1-3-6-16/h1-8,11,18H,9-10,12-14H2,(H2,22,23,26). The Hall–Kier alpha value is -2.53. The monoisotopic (exact) mass is 371 g/mol. The number of carbonyl (C=O) groups is 2. The van der Waals surface area contributed by atoms with Crippen LogP contribution in [0.4, 0.5) is 4.79 Å². The highest BCUT2D eigenvalue weighted by molar-refractivity contribution is 6.30. The molecule has 3 rings (SSSR count). The van der Waals surface area contributed by atoms with Crippen LogP contribution in [0.1, 0.15) is 17.5 Å². The summed E-state index contributed by atoms with van der Waals surface area (Å²) in [6, 6.07) is 17.0. The van der Waals surface area contributed by atoms with Crippen LogP contribution in [0.2, 0.25) is 5.02 Å². The number of amides is 3. The van der Waals surface area contributed by atoms with Crippen molar-refractivity contribution in [3.05, 3.63) is 70.7 Å². The van der Waals surface area contributed by atoms with E-state index in [-0.39, 0.29) is 18.0 Å². The van der Waals surface area contributed by atoms with Crippen molar-refractivity contribution in [3.63, 3.8) is 0 Å². The minimum absolute atomic E-state index is 0.0677. The second-order valence-electron chi connectivity index (χ2n) is 6.44. The van der Waals surface area contributed by atoms with Crippen LogP contribution >= 0.6 is 11.6 Å². The van der Waals surface area contributed by atoms with Crippen LogP contribution in [-0.2, 0) is 17.8 Å². The van der Waals surface area contributed by atoms with Gasteiger partial charge in [0.25, 0.3) is 0 Å². The van der Waals surface area contributed by atoms with Crippen molar-refractivity contribution in [1.29, 1.82) is 0 Å². The first-order chi connectivity index (χ1) is 12.6. The van der Waals surface area contributed by atoms with E-state index < -0.39 is 0 Å². The molecule has 0 aromatic heterocycles. The van der Waals surface area contributed by atoms with E-state index in [4.69, 9.17) is 11.6 Å². The van der Waals surface area contributed by atoms with Crippen LogP contribution in [0, 0.1) is 0 Å². The quantitative estimate of drug-likeness (QED) is 0.820. The van der Waals surface area contributed by atoms with Gasteiger partial charge >= 0.3 is 6.03 Å². The molecule has 1 unspecified atom stereocenters. The molecule has 1 aliphatic heterocycles. The maximum Gasteiger partial charge on any atom is 0.315 e. The van der Waals surface area contributed by atoms with Crippen molar-refractivity contribution in [3.8, 4) is 0 Å². The summed E-state index contributed by atoms with van der Waals surface area (Å²) in [6.07, 6.45) is 1.05. The predicted molar refractivity (Wildman–Crippen MR) is 102 cm³/mol. The third kappa shape index (κ3) is 5.23. The molecule has 2 N–H and O–H groups in total. The zero-order valence-corrected chi connectivity index (χ0v) is 15.2. The van der Waals surface area contributed by atoms with E-state index in [9.17, 15) is 9.59 Å². The molecule has 1 saturated heterocycles. The first kappa shape index (κ1) is 18.3. The van der Waals surface area contributed by atoms with E-state index in [1.54, 1.807) is 4.90 Å². The molecule has 3 amide bonds. The van der Waals surface area contributed by atoms with Gasteiger partial charge in [0.05, 0.1) is 6.04 Å². The molecule has 0 aliphatic carbocycles. The van der Waals surface area contributed by atoms with Crippen LogP contribution in [0.15, 0.2) is 54.6 Å². The van der Waals surface area contributed by atoms with Gasteiger partial charge in [0.15, 0.2) is 0 Å². The van der Waals surface area contributed by atoms with Gasteiger partial charge in [0.2, 0.25) is 5.91 Å².